The van der Waals surface area contributed by atoms with E-state index in [0.29, 0.717) is 49.0 Å². The van der Waals surface area contributed by atoms with E-state index in [1.807, 2.05) is 56.4 Å². The average molecular weight is 473 g/mol. The highest BCUT2D eigenvalue weighted by Crippen LogP contribution is 2.42. The summed E-state index contributed by atoms with van der Waals surface area (Å²) in [5, 5.41) is 28.8. The highest BCUT2D eigenvalue weighted by molar-refractivity contribution is 5.79. The number of carbonyl (C=O) groups excluding carboxylic acids is 1. The number of nitrogens with one attached hydrogen (secondary N) is 3. The monoisotopic (exact) mass is 472 g/mol. The zero-order chi connectivity index (χ0) is 24.4. The molecule has 0 spiro atoms. The molecular weight excluding hydrogens is 444 g/mol. The molecule has 2 atom stereocenters. The Hall–Kier alpha value is -4.05. The van der Waals surface area contributed by atoms with Crippen LogP contribution in [0.2, 0.25) is 0 Å². The van der Waals surface area contributed by atoms with Gasteiger partial charge in [0.1, 0.15) is 11.4 Å². The highest BCUT2D eigenvalue weighted by Gasteiger charge is 2.43. The van der Waals surface area contributed by atoms with Gasteiger partial charge in [-0.15, -0.1) is 0 Å². The maximum absolute atomic E-state index is 12.9. The van der Waals surface area contributed by atoms with Gasteiger partial charge in [-0.3, -0.25) is 9.89 Å². The number of aromatic nitrogens is 6. The molecule has 180 valence electrons. The van der Waals surface area contributed by atoms with Crippen molar-refractivity contribution in [3.63, 3.8) is 0 Å². The number of H-pyrrole nitrogens is 1. The van der Waals surface area contributed by atoms with Crippen LogP contribution in [0.1, 0.15) is 41.8 Å². The number of aryl methyl sites for hydroxylation is 2. The molecule has 4 aromatic rings. The van der Waals surface area contributed by atoms with Crippen molar-refractivity contribution in [1.29, 1.82) is 0 Å². The maximum Gasteiger partial charge on any atom is 0.223 e. The first-order valence-electron chi connectivity index (χ1n) is 11.6. The zero-order valence-electron chi connectivity index (χ0n) is 19.7. The molecule has 1 amide bonds. The largest absolute Gasteiger partial charge is 0.384 e. The Morgan fingerprint density at radius 1 is 1.26 bits per heavy atom. The third-order valence-corrected chi connectivity index (χ3v) is 6.28. The summed E-state index contributed by atoms with van der Waals surface area (Å²) >= 11 is 0. The Labute approximate surface area is 202 Å². The average Bonchev–Trinajstić information content (AvgIpc) is 3.60. The molecule has 1 aliphatic rings. The van der Waals surface area contributed by atoms with Crippen LogP contribution < -0.4 is 10.6 Å². The molecule has 35 heavy (non-hydrogen) atoms. The second kappa shape index (κ2) is 9.30. The van der Waals surface area contributed by atoms with Gasteiger partial charge < -0.3 is 15.7 Å². The number of amides is 1. The van der Waals surface area contributed by atoms with Gasteiger partial charge in [-0.2, -0.15) is 10.2 Å². The van der Waals surface area contributed by atoms with Gasteiger partial charge in [0, 0.05) is 42.8 Å². The predicted molar refractivity (Wildman–Crippen MR) is 130 cm³/mol. The Morgan fingerprint density at radius 3 is 2.86 bits per heavy atom. The molecule has 1 aliphatic carbocycles. The van der Waals surface area contributed by atoms with Crippen molar-refractivity contribution in [2.75, 3.05) is 5.32 Å². The molecule has 1 fully saturated rings. The molecule has 5 rings (SSSR count). The van der Waals surface area contributed by atoms with Crippen LogP contribution in [0.25, 0.3) is 5.82 Å². The predicted octanol–water partition coefficient (Wildman–Crippen LogP) is 3.05. The number of hydrogen-bond acceptors (Lipinski definition) is 7. The third-order valence-electron chi connectivity index (χ3n) is 6.28. The first-order chi connectivity index (χ1) is 16.9. The molecule has 4 heterocycles. The van der Waals surface area contributed by atoms with Crippen LogP contribution in [-0.4, -0.2) is 41.0 Å². The second-order valence-corrected chi connectivity index (χ2v) is 9.14. The van der Waals surface area contributed by atoms with Crippen LogP contribution in [0.4, 0.5) is 11.6 Å². The minimum Gasteiger partial charge on any atom is -0.384 e. The van der Waals surface area contributed by atoms with Crippen molar-refractivity contribution in [2.24, 2.45) is 5.92 Å². The summed E-state index contributed by atoms with van der Waals surface area (Å²) in [4.78, 5) is 21.9. The Bertz CT molecular complexity index is 1320. The molecular formula is C25H28N8O2. The molecule has 0 saturated heterocycles. The maximum atomic E-state index is 12.9. The van der Waals surface area contributed by atoms with Crippen molar-refractivity contribution in [2.45, 2.75) is 45.3 Å². The Morgan fingerprint density at radius 2 is 2.14 bits per heavy atom. The number of pyridine rings is 2. The van der Waals surface area contributed by atoms with Gasteiger partial charge in [0.05, 0.1) is 5.69 Å². The molecule has 10 heteroatoms. The van der Waals surface area contributed by atoms with E-state index in [9.17, 15) is 9.90 Å². The SMILES string of the molecule is Cc1cc(Nc2cc(C)[nH]n2)nc([C@]2(O)CC[C@H](C(=O)NCc3ccc(-n4cccn4)nc3)C2)c1. The van der Waals surface area contributed by atoms with Crippen molar-refractivity contribution in [3.05, 3.63) is 77.5 Å². The van der Waals surface area contributed by atoms with Gasteiger partial charge in [-0.05, 0) is 68.5 Å². The molecule has 0 aliphatic heterocycles. The van der Waals surface area contributed by atoms with Crippen LogP contribution in [0.5, 0.6) is 0 Å². The molecule has 0 radical (unpaired) electrons. The third kappa shape index (κ3) is 5.07. The quantitative estimate of drug-likeness (QED) is 0.325. The van der Waals surface area contributed by atoms with Crippen molar-refractivity contribution >= 4 is 17.5 Å². The lowest BCUT2D eigenvalue weighted by atomic mass is 9.94. The second-order valence-electron chi connectivity index (χ2n) is 9.14. The van der Waals surface area contributed by atoms with Gasteiger partial charge in [0.15, 0.2) is 11.6 Å². The summed E-state index contributed by atoms with van der Waals surface area (Å²) < 4.78 is 1.68. The number of aliphatic hydroxyl groups is 1. The first kappa shape index (κ1) is 22.7. The molecule has 0 unspecified atom stereocenters. The van der Waals surface area contributed by atoms with Gasteiger partial charge in [0.2, 0.25) is 5.91 Å². The van der Waals surface area contributed by atoms with Gasteiger partial charge in [-0.1, -0.05) is 6.07 Å². The Kier molecular flexibility index (Phi) is 6.04. The van der Waals surface area contributed by atoms with E-state index in [0.717, 1.165) is 16.8 Å². The van der Waals surface area contributed by atoms with E-state index in [1.54, 1.807) is 17.1 Å². The van der Waals surface area contributed by atoms with E-state index in [-0.39, 0.29) is 11.8 Å². The minimum atomic E-state index is -1.15. The highest BCUT2D eigenvalue weighted by atomic mass is 16.3. The summed E-state index contributed by atoms with van der Waals surface area (Å²) in [5.74, 6) is 1.63. The molecule has 4 aromatic heterocycles. The molecule has 4 N–H and O–H groups in total. The van der Waals surface area contributed by atoms with Crippen LogP contribution >= 0.6 is 0 Å². The van der Waals surface area contributed by atoms with Gasteiger partial charge >= 0.3 is 0 Å². The van der Waals surface area contributed by atoms with E-state index in [4.69, 9.17) is 0 Å². The fraction of sp³-hybridized carbons (Fsp3) is 0.320. The number of carbonyl (C=O) groups is 1. The molecule has 10 nitrogen and oxygen atoms in total. The summed E-state index contributed by atoms with van der Waals surface area (Å²) in [5.41, 5.74) is 2.22. The topological polar surface area (TPSA) is 134 Å². The number of hydrogen-bond donors (Lipinski definition) is 4. The standard InChI is InChI=1S/C25H28N8O2/c1-16-10-20(29-21(11-16)30-22-12-17(2)31-32-22)25(35)7-6-19(13-25)24(34)27-15-18-4-5-23(26-14-18)33-9-3-8-28-33/h3-5,8-12,14,19,35H,6-7,13,15H2,1-2H3,(H,27,34)(H2,29,30,31,32)/t19-,25-/m0/s1. The number of nitrogens with zero attached hydrogens (tertiary/aromatic N) is 5. The van der Waals surface area contributed by atoms with Crippen LogP contribution in [0.3, 0.4) is 0 Å². The normalized spacial score (nSPS) is 19.6. The summed E-state index contributed by atoms with van der Waals surface area (Å²) in [6.45, 7) is 4.26. The van der Waals surface area contributed by atoms with Crippen LogP contribution in [-0.2, 0) is 16.9 Å². The lowest BCUT2D eigenvalue weighted by Gasteiger charge is -2.23. The van der Waals surface area contributed by atoms with Crippen molar-refractivity contribution in [1.82, 2.24) is 35.3 Å². The number of anilines is 2. The number of aromatic amines is 1. The fourth-order valence-electron chi connectivity index (χ4n) is 4.46. The molecule has 0 aromatic carbocycles. The van der Waals surface area contributed by atoms with Crippen molar-refractivity contribution in [3.8, 4) is 5.82 Å². The van der Waals surface area contributed by atoms with Gasteiger partial charge in [0.25, 0.3) is 0 Å². The smallest absolute Gasteiger partial charge is 0.223 e. The zero-order valence-corrected chi connectivity index (χ0v) is 19.7. The van der Waals surface area contributed by atoms with E-state index >= 15 is 0 Å². The van der Waals surface area contributed by atoms with E-state index < -0.39 is 5.60 Å². The first-order valence-corrected chi connectivity index (χ1v) is 11.6. The van der Waals surface area contributed by atoms with E-state index in [2.05, 4.69) is 35.9 Å². The van der Waals surface area contributed by atoms with Crippen LogP contribution in [0.15, 0.2) is 55.0 Å². The Balaban J connectivity index is 1.21. The fourth-order valence-corrected chi connectivity index (χ4v) is 4.46. The molecule has 1 saturated carbocycles. The van der Waals surface area contributed by atoms with Crippen molar-refractivity contribution < 1.29 is 9.90 Å². The molecule has 0 bridgehead atoms. The summed E-state index contributed by atoms with van der Waals surface area (Å²) in [6, 6.07) is 11.3. The lowest BCUT2D eigenvalue weighted by molar-refractivity contribution is -0.125. The van der Waals surface area contributed by atoms with E-state index in [1.165, 1.54) is 0 Å². The van der Waals surface area contributed by atoms with Crippen LogP contribution in [0, 0.1) is 19.8 Å². The minimum absolute atomic E-state index is 0.0740. The summed E-state index contributed by atoms with van der Waals surface area (Å²) in [7, 11) is 0. The van der Waals surface area contributed by atoms with Gasteiger partial charge in [-0.25, -0.2) is 14.6 Å². The lowest BCUT2D eigenvalue weighted by Crippen LogP contribution is -2.31. The summed E-state index contributed by atoms with van der Waals surface area (Å²) in [6.07, 6.45) is 6.65. The number of rotatable bonds is 7.